The van der Waals surface area contributed by atoms with Crippen molar-refractivity contribution in [2.45, 2.75) is 19.0 Å². The summed E-state index contributed by atoms with van der Waals surface area (Å²) in [5.41, 5.74) is 4.10. The summed E-state index contributed by atoms with van der Waals surface area (Å²) in [6.07, 6.45) is 1.81. The number of thiocarbonyl (C=S) groups is 1. The smallest absolute Gasteiger partial charge is 0.174 e. The lowest BCUT2D eigenvalue weighted by molar-refractivity contribution is 0.413. The molecule has 6 nitrogen and oxygen atoms in total. The average Bonchev–Trinajstić information content (AvgIpc) is 3.43. The zero-order valence-corrected chi connectivity index (χ0v) is 19.2. The van der Waals surface area contributed by atoms with Gasteiger partial charge in [0.25, 0.3) is 0 Å². The van der Waals surface area contributed by atoms with Crippen LogP contribution in [0.25, 0.3) is 0 Å². The SMILES string of the molecule is COc1ccc(Oc2ccc(N3C(=S)N[C@H](c4ccccn4)[C@@H]3c3ccc(C)[nH]3)cc2)cc1. The van der Waals surface area contributed by atoms with Crippen molar-refractivity contribution in [1.82, 2.24) is 15.3 Å². The van der Waals surface area contributed by atoms with Gasteiger partial charge in [-0.05, 0) is 91.9 Å². The summed E-state index contributed by atoms with van der Waals surface area (Å²) in [7, 11) is 1.65. The predicted octanol–water partition coefficient (Wildman–Crippen LogP) is 5.70. The highest BCUT2D eigenvalue weighted by Gasteiger charge is 2.41. The van der Waals surface area contributed by atoms with Crippen LogP contribution >= 0.6 is 12.2 Å². The Morgan fingerprint density at radius 2 is 1.58 bits per heavy atom. The number of ether oxygens (including phenoxy) is 2. The van der Waals surface area contributed by atoms with E-state index in [1.807, 2.05) is 72.9 Å². The third kappa shape index (κ3) is 4.27. The van der Waals surface area contributed by atoms with Crippen LogP contribution in [0.1, 0.15) is 29.2 Å². The molecule has 166 valence electrons. The number of anilines is 1. The minimum absolute atomic E-state index is 0.0607. The summed E-state index contributed by atoms with van der Waals surface area (Å²) in [6.45, 7) is 2.05. The van der Waals surface area contributed by atoms with Crippen LogP contribution in [0.2, 0.25) is 0 Å². The van der Waals surface area contributed by atoms with E-state index in [1.165, 1.54) is 0 Å². The number of benzene rings is 2. The predicted molar refractivity (Wildman–Crippen MR) is 133 cm³/mol. The Morgan fingerprint density at radius 1 is 0.879 bits per heavy atom. The zero-order chi connectivity index (χ0) is 22.8. The second-order valence-electron chi connectivity index (χ2n) is 7.86. The molecule has 2 atom stereocenters. The van der Waals surface area contributed by atoms with Crippen LogP contribution in [0.3, 0.4) is 0 Å². The first kappa shape index (κ1) is 21.0. The van der Waals surface area contributed by atoms with Gasteiger partial charge in [-0.15, -0.1) is 0 Å². The molecule has 0 amide bonds. The lowest BCUT2D eigenvalue weighted by Crippen LogP contribution is -2.29. The van der Waals surface area contributed by atoms with Crippen molar-refractivity contribution in [2.75, 3.05) is 12.0 Å². The number of aryl methyl sites for hydroxylation is 1. The Hall–Kier alpha value is -3.84. The number of hydrogen-bond acceptors (Lipinski definition) is 4. The van der Waals surface area contributed by atoms with Crippen molar-refractivity contribution < 1.29 is 9.47 Å². The minimum Gasteiger partial charge on any atom is -0.497 e. The van der Waals surface area contributed by atoms with Crippen LogP contribution in [0.4, 0.5) is 5.69 Å². The number of aromatic amines is 1. The Labute approximate surface area is 198 Å². The Morgan fingerprint density at radius 3 is 2.18 bits per heavy atom. The van der Waals surface area contributed by atoms with Crippen LogP contribution in [0.5, 0.6) is 17.2 Å². The molecule has 0 bridgehead atoms. The van der Waals surface area contributed by atoms with Gasteiger partial charge in [0, 0.05) is 23.3 Å². The number of H-pyrrole nitrogens is 1. The molecule has 0 radical (unpaired) electrons. The van der Waals surface area contributed by atoms with E-state index in [2.05, 4.69) is 39.2 Å². The quantitative estimate of drug-likeness (QED) is 0.363. The normalized spacial score (nSPS) is 17.6. The van der Waals surface area contributed by atoms with Crippen molar-refractivity contribution >= 4 is 23.0 Å². The summed E-state index contributed by atoms with van der Waals surface area (Å²) in [4.78, 5) is 10.2. The molecule has 7 heteroatoms. The molecule has 0 aliphatic carbocycles. The van der Waals surface area contributed by atoms with E-state index in [4.69, 9.17) is 21.7 Å². The first-order valence-corrected chi connectivity index (χ1v) is 11.1. The lowest BCUT2D eigenvalue weighted by atomic mass is 10.0. The van der Waals surface area contributed by atoms with Gasteiger partial charge in [0.2, 0.25) is 0 Å². The standard InChI is InChI=1S/C26H24N4O2S/c1-17-6-15-23(28-17)25-24(22-5-3-4-16-27-22)29-26(33)30(25)18-7-9-20(10-8-18)32-21-13-11-19(31-2)12-14-21/h3-16,24-25,28H,1-2H3,(H,29,33)/t24-,25+/m1/s1. The molecule has 2 aromatic carbocycles. The Kier molecular flexibility index (Phi) is 5.71. The number of pyridine rings is 1. The maximum atomic E-state index is 5.99. The number of nitrogens with one attached hydrogen (secondary N) is 2. The number of rotatable bonds is 6. The van der Waals surface area contributed by atoms with Gasteiger partial charge in [0.15, 0.2) is 5.11 Å². The second kappa shape index (κ2) is 8.96. The van der Waals surface area contributed by atoms with Gasteiger partial charge in [-0.25, -0.2) is 0 Å². The molecule has 2 aromatic heterocycles. The van der Waals surface area contributed by atoms with Crippen LogP contribution in [0, 0.1) is 6.92 Å². The zero-order valence-electron chi connectivity index (χ0n) is 18.4. The number of aromatic nitrogens is 2. The maximum absolute atomic E-state index is 5.99. The van der Waals surface area contributed by atoms with Crippen LogP contribution in [-0.2, 0) is 0 Å². The largest absolute Gasteiger partial charge is 0.497 e. The number of methoxy groups -OCH3 is 1. The van der Waals surface area contributed by atoms with E-state index in [0.717, 1.165) is 40.0 Å². The summed E-state index contributed by atoms with van der Waals surface area (Å²) in [6, 6.07) is 25.5. The molecule has 1 fully saturated rings. The summed E-state index contributed by atoms with van der Waals surface area (Å²) in [5.74, 6) is 2.29. The molecule has 0 spiro atoms. The van der Waals surface area contributed by atoms with E-state index in [-0.39, 0.29) is 12.1 Å². The Balaban J connectivity index is 1.44. The van der Waals surface area contributed by atoms with Crippen molar-refractivity contribution in [1.29, 1.82) is 0 Å². The minimum atomic E-state index is -0.0769. The summed E-state index contributed by atoms with van der Waals surface area (Å²) >= 11 is 5.77. The summed E-state index contributed by atoms with van der Waals surface area (Å²) < 4.78 is 11.2. The van der Waals surface area contributed by atoms with E-state index in [0.29, 0.717) is 5.11 Å². The maximum Gasteiger partial charge on any atom is 0.174 e. The third-order valence-electron chi connectivity index (χ3n) is 5.68. The van der Waals surface area contributed by atoms with Gasteiger partial charge in [-0.1, -0.05) is 6.07 Å². The summed E-state index contributed by atoms with van der Waals surface area (Å²) in [5, 5.41) is 4.13. The average molecular weight is 457 g/mol. The molecule has 3 heterocycles. The molecular formula is C26H24N4O2S. The van der Waals surface area contributed by atoms with E-state index in [9.17, 15) is 0 Å². The van der Waals surface area contributed by atoms with E-state index in [1.54, 1.807) is 7.11 Å². The van der Waals surface area contributed by atoms with Crippen molar-refractivity contribution in [3.05, 3.63) is 102 Å². The second-order valence-corrected chi connectivity index (χ2v) is 8.25. The van der Waals surface area contributed by atoms with Gasteiger partial charge in [-0.2, -0.15) is 0 Å². The molecule has 4 aromatic rings. The highest BCUT2D eigenvalue weighted by atomic mass is 32.1. The number of hydrogen-bond donors (Lipinski definition) is 2. The first-order chi connectivity index (χ1) is 16.1. The molecule has 1 saturated heterocycles. The fraction of sp³-hybridized carbons (Fsp3) is 0.154. The fourth-order valence-corrected chi connectivity index (χ4v) is 4.45. The number of nitrogens with zero attached hydrogens (tertiary/aromatic N) is 2. The van der Waals surface area contributed by atoms with Crippen molar-refractivity contribution in [3.63, 3.8) is 0 Å². The Bertz CT molecular complexity index is 1240. The van der Waals surface area contributed by atoms with Gasteiger partial charge < -0.3 is 24.7 Å². The third-order valence-corrected chi connectivity index (χ3v) is 6.00. The van der Waals surface area contributed by atoms with Gasteiger partial charge in [0.1, 0.15) is 23.3 Å². The van der Waals surface area contributed by atoms with Gasteiger partial charge >= 0.3 is 0 Å². The highest BCUT2D eigenvalue weighted by molar-refractivity contribution is 7.80. The molecule has 1 aliphatic rings. The fourth-order valence-electron chi connectivity index (χ4n) is 4.10. The molecule has 5 rings (SSSR count). The highest BCUT2D eigenvalue weighted by Crippen LogP contribution is 2.41. The van der Waals surface area contributed by atoms with Crippen molar-refractivity contribution in [2.24, 2.45) is 0 Å². The molecule has 33 heavy (non-hydrogen) atoms. The molecule has 1 aliphatic heterocycles. The van der Waals surface area contributed by atoms with Gasteiger partial charge in [0.05, 0.1) is 18.8 Å². The van der Waals surface area contributed by atoms with Crippen LogP contribution in [0.15, 0.2) is 85.1 Å². The van der Waals surface area contributed by atoms with E-state index < -0.39 is 0 Å². The monoisotopic (exact) mass is 456 g/mol. The molecular weight excluding hydrogens is 432 g/mol. The molecule has 0 unspecified atom stereocenters. The lowest BCUT2D eigenvalue weighted by Gasteiger charge is -2.27. The van der Waals surface area contributed by atoms with Crippen molar-refractivity contribution in [3.8, 4) is 17.2 Å². The van der Waals surface area contributed by atoms with Gasteiger partial charge in [-0.3, -0.25) is 4.98 Å². The topological polar surface area (TPSA) is 62.4 Å². The van der Waals surface area contributed by atoms with E-state index >= 15 is 0 Å². The van der Waals surface area contributed by atoms with Crippen LogP contribution < -0.4 is 19.7 Å². The molecule has 0 saturated carbocycles. The molecule has 2 N–H and O–H groups in total. The first-order valence-electron chi connectivity index (χ1n) is 10.7. The van der Waals surface area contributed by atoms with Crippen LogP contribution in [-0.4, -0.2) is 22.2 Å².